The van der Waals surface area contributed by atoms with E-state index in [4.69, 9.17) is 0 Å². The molecule has 4 rings (SSSR count). The molecule has 0 saturated carbocycles. The van der Waals surface area contributed by atoms with Gasteiger partial charge in [-0.15, -0.1) is 0 Å². The third-order valence-corrected chi connectivity index (χ3v) is 5.40. The summed E-state index contributed by atoms with van der Waals surface area (Å²) in [6.07, 6.45) is 1.10. The Kier molecular flexibility index (Phi) is 5.76. The lowest BCUT2D eigenvalue weighted by Crippen LogP contribution is -2.40. The van der Waals surface area contributed by atoms with Crippen LogP contribution in [-0.2, 0) is 13.1 Å². The summed E-state index contributed by atoms with van der Waals surface area (Å²) in [7, 11) is 1.82. The number of rotatable bonds is 6. The number of fused-ring (bicyclic) bond motifs is 1. The van der Waals surface area contributed by atoms with Gasteiger partial charge >= 0.3 is 6.03 Å². The first-order chi connectivity index (χ1) is 14.1. The fraction of sp³-hybridized carbons (Fsp3) is 0.364. The second-order valence-corrected chi connectivity index (χ2v) is 7.76. The van der Waals surface area contributed by atoms with Crippen molar-refractivity contribution < 1.29 is 9.18 Å². The van der Waals surface area contributed by atoms with Crippen molar-refractivity contribution in [1.82, 2.24) is 25.1 Å². The Morgan fingerprint density at radius 2 is 2.14 bits per heavy atom. The second-order valence-electron chi connectivity index (χ2n) is 7.76. The minimum Gasteiger partial charge on any atom is -0.340 e. The van der Waals surface area contributed by atoms with Crippen LogP contribution in [0.15, 0.2) is 48.5 Å². The number of halogens is 1. The summed E-state index contributed by atoms with van der Waals surface area (Å²) in [6.45, 7) is 4.03. The van der Waals surface area contributed by atoms with Crippen LogP contribution >= 0.6 is 0 Å². The Balaban J connectivity index is 1.24. The quantitative estimate of drug-likeness (QED) is 0.673. The lowest BCUT2D eigenvalue weighted by atomic mass is 10.1. The van der Waals surface area contributed by atoms with Crippen molar-refractivity contribution in [1.29, 1.82) is 0 Å². The normalized spacial score (nSPS) is 17.0. The van der Waals surface area contributed by atoms with Crippen molar-refractivity contribution in [3.8, 4) is 0 Å². The lowest BCUT2D eigenvalue weighted by Gasteiger charge is -2.22. The van der Waals surface area contributed by atoms with Crippen LogP contribution < -0.4 is 5.32 Å². The van der Waals surface area contributed by atoms with E-state index in [1.807, 2.05) is 13.1 Å². The molecule has 152 valence electrons. The molecule has 7 heteroatoms. The molecule has 0 aliphatic carbocycles. The predicted octanol–water partition coefficient (Wildman–Crippen LogP) is 3.37. The van der Waals surface area contributed by atoms with Gasteiger partial charge in [0.25, 0.3) is 0 Å². The SMILES string of the molecule is CN(CC1CCN(Cc2ccccc2)C1)C(=O)NCc1nc2ccc(F)cc2[nH]1. The third kappa shape index (κ3) is 4.92. The van der Waals surface area contributed by atoms with E-state index >= 15 is 0 Å². The molecule has 6 nitrogen and oxygen atoms in total. The molecule has 2 heterocycles. The maximum Gasteiger partial charge on any atom is 0.317 e. The molecular formula is C22H26FN5O. The van der Waals surface area contributed by atoms with E-state index < -0.39 is 0 Å². The molecular weight excluding hydrogens is 369 g/mol. The lowest BCUT2D eigenvalue weighted by molar-refractivity contribution is 0.199. The Hall–Kier alpha value is -2.93. The highest BCUT2D eigenvalue weighted by molar-refractivity contribution is 5.76. The molecule has 29 heavy (non-hydrogen) atoms. The number of nitrogens with zero attached hydrogens (tertiary/aromatic N) is 3. The zero-order valence-electron chi connectivity index (χ0n) is 16.6. The average molecular weight is 395 g/mol. The van der Waals surface area contributed by atoms with Gasteiger partial charge in [-0.2, -0.15) is 0 Å². The number of urea groups is 1. The Bertz CT molecular complexity index is 974. The molecule has 1 saturated heterocycles. The molecule has 0 radical (unpaired) electrons. The van der Waals surface area contributed by atoms with Crippen LogP contribution in [0.5, 0.6) is 0 Å². The van der Waals surface area contributed by atoms with Gasteiger partial charge in [-0.25, -0.2) is 14.2 Å². The maximum atomic E-state index is 13.3. The number of hydrogen-bond acceptors (Lipinski definition) is 3. The van der Waals surface area contributed by atoms with Crippen molar-refractivity contribution in [2.24, 2.45) is 5.92 Å². The molecule has 1 atom stereocenters. The van der Waals surface area contributed by atoms with Crippen LogP contribution in [0.2, 0.25) is 0 Å². The van der Waals surface area contributed by atoms with E-state index in [0.717, 1.165) is 32.6 Å². The van der Waals surface area contributed by atoms with Crippen LogP contribution in [0.1, 0.15) is 17.8 Å². The van der Waals surface area contributed by atoms with Crippen LogP contribution in [0.4, 0.5) is 9.18 Å². The molecule has 1 unspecified atom stereocenters. The molecule has 2 aromatic carbocycles. The van der Waals surface area contributed by atoms with E-state index in [1.54, 1.807) is 11.0 Å². The fourth-order valence-electron chi connectivity index (χ4n) is 3.93. The summed E-state index contributed by atoms with van der Waals surface area (Å²) < 4.78 is 13.3. The summed E-state index contributed by atoms with van der Waals surface area (Å²) in [5, 5.41) is 2.89. The third-order valence-electron chi connectivity index (χ3n) is 5.40. The summed E-state index contributed by atoms with van der Waals surface area (Å²) in [4.78, 5) is 24.0. The highest BCUT2D eigenvalue weighted by Gasteiger charge is 2.25. The highest BCUT2D eigenvalue weighted by Crippen LogP contribution is 2.19. The van der Waals surface area contributed by atoms with Gasteiger partial charge in [0.1, 0.15) is 11.6 Å². The van der Waals surface area contributed by atoms with Crippen molar-refractivity contribution >= 4 is 17.1 Å². The van der Waals surface area contributed by atoms with Crippen molar-refractivity contribution in [2.75, 3.05) is 26.7 Å². The molecule has 0 spiro atoms. The van der Waals surface area contributed by atoms with Crippen molar-refractivity contribution in [3.05, 3.63) is 65.7 Å². The van der Waals surface area contributed by atoms with Gasteiger partial charge in [0.05, 0.1) is 17.6 Å². The van der Waals surface area contributed by atoms with E-state index in [9.17, 15) is 9.18 Å². The summed E-state index contributed by atoms with van der Waals surface area (Å²) in [5.41, 5.74) is 2.64. The van der Waals surface area contributed by atoms with E-state index in [2.05, 4.69) is 44.5 Å². The Morgan fingerprint density at radius 1 is 1.31 bits per heavy atom. The van der Waals surface area contributed by atoms with Gasteiger partial charge in [0.15, 0.2) is 0 Å². The number of aromatic nitrogens is 2. The molecule has 0 bridgehead atoms. The summed E-state index contributed by atoms with van der Waals surface area (Å²) in [5.74, 6) is 0.778. The zero-order valence-corrected chi connectivity index (χ0v) is 16.6. The molecule has 3 aromatic rings. The Labute approximate surface area is 169 Å². The summed E-state index contributed by atoms with van der Waals surface area (Å²) in [6, 6.07) is 14.8. The van der Waals surface area contributed by atoms with E-state index in [-0.39, 0.29) is 18.4 Å². The van der Waals surface area contributed by atoms with E-state index in [1.165, 1.54) is 17.7 Å². The van der Waals surface area contributed by atoms with Crippen LogP contribution in [0.3, 0.4) is 0 Å². The van der Waals surface area contributed by atoms with E-state index in [0.29, 0.717) is 22.8 Å². The monoisotopic (exact) mass is 395 g/mol. The van der Waals surface area contributed by atoms with Gasteiger partial charge in [0, 0.05) is 26.7 Å². The number of benzene rings is 2. The number of aromatic amines is 1. The van der Waals surface area contributed by atoms with Crippen molar-refractivity contribution in [2.45, 2.75) is 19.5 Å². The van der Waals surface area contributed by atoms with Crippen LogP contribution in [-0.4, -0.2) is 52.5 Å². The predicted molar refractivity (Wildman–Crippen MR) is 111 cm³/mol. The molecule has 1 fully saturated rings. The van der Waals surface area contributed by atoms with Crippen molar-refractivity contribution in [3.63, 3.8) is 0 Å². The first-order valence-corrected chi connectivity index (χ1v) is 9.96. The standard InChI is InChI=1S/C22H26FN5O/c1-27(13-17-9-10-28(15-17)14-16-5-3-2-4-6-16)22(29)24-12-21-25-19-8-7-18(23)11-20(19)26-21/h2-8,11,17H,9-10,12-15H2,1H3,(H,24,29)(H,25,26). The topological polar surface area (TPSA) is 64.3 Å². The van der Waals surface area contributed by atoms with Crippen LogP contribution in [0.25, 0.3) is 11.0 Å². The first kappa shape index (κ1) is 19.4. The fourth-order valence-corrected chi connectivity index (χ4v) is 3.93. The van der Waals surface area contributed by atoms with Gasteiger partial charge in [0.2, 0.25) is 0 Å². The number of amides is 2. The number of imidazole rings is 1. The zero-order chi connectivity index (χ0) is 20.2. The second kappa shape index (κ2) is 8.61. The minimum atomic E-state index is -0.311. The minimum absolute atomic E-state index is 0.127. The number of hydrogen-bond donors (Lipinski definition) is 2. The number of H-pyrrole nitrogens is 1. The molecule has 1 aromatic heterocycles. The largest absolute Gasteiger partial charge is 0.340 e. The van der Waals surface area contributed by atoms with Gasteiger partial charge in [-0.3, -0.25) is 4.90 Å². The number of likely N-dealkylation sites (tertiary alicyclic amines) is 1. The van der Waals surface area contributed by atoms with Gasteiger partial charge < -0.3 is 15.2 Å². The number of carbonyl (C=O) groups is 1. The molecule has 2 N–H and O–H groups in total. The summed E-state index contributed by atoms with van der Waals surface area (Å²) >= 11 is 0. The molecule has 2 amide bonds. The number of carbonyl (C=O) groups excluding carboxylic acids is 1. The average Bonchev–Trinajstić information content (AvgIpc) is 3.32. The number of nitrogens with one attached hydrogen (secondary N) is 2. The Morgan fingerprint density at radius 3 is 2.97 bits per heavy atom. The molecule has 1 aliphatic rings. The first-order valence-electron chi connectivity index (χ1n) is 9.96. The van der Waals surface area contributed by atoms with Gasteiger partial charge in [-0.1, -0.05) is 30.3 Å². The van der Waals surface area contributed by atoms with Gasteiger partial charge in [-0.05, 0) is 42.6 Å². The van der Waals surface area contributed by atoms with Crippen LogP contribution in [0, 0.1) is 11.7 Å². The highest BCUT2D eigenvalue weighted by atomic mass is 19.1. The maximum absolute atomic E-state index is 13.3. The molecule has 1 aliphatic heterocycles. The smallest absolute Gasteiger partial charge is 0.317 e.